The van der Waals surface area contributed by atoms with Crippen molar-refractivity contribution in [1.29, 1.82) is 0 Å². The summed E-state index contributed by atoms with van der Waals surface area (Å²) in [6.07, 6.45) is 5.84. The Morgan fingerprint density at radius 1 is 1.04 bits per heavy atom. The molecule has 0 saturated carbocycles. The van der Waals surface area contributed by atoms with Crippen molar-refractivity contribution >= 4 is 22.3 Å². The lowest BCUT2D eigenvalue weighted by atomic mass is 10.1. The number of rotatable bonds is 4. The molecule has 118 valence electrons. The predicted molar refractivity (Wildman–Crippen MR) is 95.9 cm³/mol. The first-order chi connectivity index (χ1) is 11.4. The molecule has 1 aliphatic heterocycles. The van der Waals surface area contributed by atoms with Gasteiger partial charge in [0.1, 0.15) is 0 Å². The van der Waals surface area contributed by atoms with E-state index in [2.05, 4.69) is 62.9 Å². The highest BCUT2D eigenvalue weighted by Gasteiger charge is 2.11. The van der Waals surface area contributed by atoms with Crippen molar-refractivity contribution in [2.75, 3.05) is 23.3 Å². The third kappa shape index (κ3) is 3.02. The fraction of sp³-hybridized carbons (Fsp3) is 0.316. The number of hydrogen-bond donors (Lipinski definition) is 2. The Labute approximate surface area is 136 Å². The number of piperidine rings is 1. The van der Waals surface area contributed by atoms with Gasteiger partial charge in [-0.3, -0.25) is 5.10 Å². The molecule has 1 aliphatic rings. The molecule has 23 heavy (non-hydrogen) atoms. The molecule has 0 spiro atoms. The molecule has 0 unspecified atom stereocenters. The van der Waals surface area contributed by atoms with E-state index in [1.54, 1.807) is 0 Å². The van der Waals surface area contributed by atoms with Crippen LogP contribution in [-0.4, -0.2) is 23.3 Å². The van der Waals surface area contributed by atoms with Gasteiger partial charge >= 0.3 is 0 Å². The Hall–Kier alpha value is -2.49. The zero-order valence-corrected chi connectivity index (χ0v) is 13.3. The number of aromatic amines is 1. The van der Waals surface area contributed by atoms with Crippen molar-refractivity contribution in [1.82, 2.24) is 10.2 Å². The van der Waals surface area contributed by atoms with Gasteiger partial charge in [-0.05, 0) is 43.0 Å². The van der Waals surface area contributed by atoms with Crippen LogP contribution in [0.3, 0.4) is 0 Å². The minimum atomic E-state index is 0.795. The number of para-hydroxylation sites is 1. The molecule has 4 rings (SSSR count). The molecule has 2 aromatic carbocycles. The molecule has 0 bridgehead atoms. The Morgan fingerprint density at radius 2 is 1.91 bits per heavy atom. The smallest absolute Gasteiger partial charge is 0.0700 e. The normalized spacial score (nSPS) is 15.0. The third-order valence-electron chi connectivity index (χ3n) is 4.61. The maximum Gasteiger partial charge on any atom is 0.0700 e. The molecule has 1 saturated heterocycles. The largest absolute Gasteiger partial charge is 0.381 e. The van der Waals surface area contributed by atoms with E-state index in [1.807, 2.05) is 6.20 Å². The van der Waals surface area contributed by atoms with Crippen molar-refractivity contribution in [3.63, 3.8) is 0 Å². The van der Waals surface area contributed by atoms with Gasteiger partial charge in [-0.1, -0.05) is 24.3 Å². The van der Waals surface area contributed by atoms with Gasteiger partial charge in [-0.2, -0.15) is 5.10 Å². The monoisotopic (exact) mass is 306 g/mol. The Balaban J connectivity index is 1.49. The first-order valence-electron chi connectivity index (χ1n) is 8.40. The number of anilines is 2. The molecule has 1 fully saturated rings. The Morgan fingerprint density at radius 3 is 2.83 bits per heavy atom. The molecule has 0 radical (unpaired) electrons. The van der Waals surface area contributed by atoms with Gasteiger partial charge in [0.25, 0.3) is 0 Å². The second kappa shape index (κ2) is 6.32. The molecule has 4 heteroatoms. The molecule has 4 nitrogen and oxygen atoms in total. The van der Waals surface area contributed by atoms with E-state index in [1.165, 1.54) is 49.3 Å². The van der Waals surface area contributed by atoms with E-state index < -0.39 is 0 Å². The van der Waals surface area contributed by atoms with Crippen LogP contribution < -0.4 is 10.2 Å². The fourth-order valence-corrected chi connectivity index (χ4v) is 3.34. The molecule has 0 amide bonds. The van der Waals surface area contributed by atoms with Crippen molar-refractivity contribution in [2.24, 2.45) is 0 Å². The van der Waals surface area contributed by atoms with Crippen LogP contribution in [-0.2, 0) is 6.54 Å². The van der Waals surface area contributed by atoms with Crippen LogP contribution in [0.1, 0.15) is 24.8 Å². The van der Waals surface area contributed by atoms with E-state index in [-0.39, 0.29) is 0 Å². The number of H-pyrrole nitrogens is 1. The van der Waals surface area contributed by atoms with Gasteiger partial charge in [0.2, 0.25) is 0 Å². The summed E-state index contributed by atoms with van der Waals surface area (Å²) in [4.78, 5) is 2.49. The summed E-state index contributed by atoms with van der Waals surface area (Å²) >= 11 is 0. The van der Waals surface area contributed by atoms with Crippen molar-refractivity contribution in [3.8, 4) is 0 Å². The highest BCUT2D eigenvalue weighted by atomic mass is 15.1. The quantitative estimate of drug-likeness (QED) is 0.760. The van der Waals surface area contributed by atoms with Gasteiger partial charge in [-0.15, -0.1) is 0 Å². The number of aromatic nitrogens is 2. The first kappa shape index (κ1) is 14.1. The summed E-state index contributed by atoms with van der Waals surface area (Å²) in [5, 5.41) is 11.9. The second-order valence-electron chi connectivity index (χ2n) is 6.20. The van der Waals surface area contributed by atoms with Crippen LogP contribution >= 0.6 is 0 Å². The summed E-state index contributed by atoms with van der Waals surface area (Å²) in [5.41, 5.74) is 4.86. The second-order valence-corrected chi connectivity index (χ2v) is 6.20. The third-order valence-corrected chi connectivity index (χ3v) is 4.61. The van der Waals surface area contributed by atoms with Crippen LogP contribution in [0.2, 0.25) is 0 Å². The molecule has 0 aliphatic carbocycles. The highest BCUT2D eigenvalue weighted by molar-refractivity contribution is 5.81. The van der Waals surface area contributed by atoms with Crippen LogP contribution in [0.5, 0.6) is 0 Å². The molecule has 2 heterocycles. The first-order valence-corrected chi connectivity index (χ1v) is 8.40. The minimum Gasteiger partial charge on any atom is -0.381 e. The Kier molecular flexibility index (Phi) is 3.88. The molecule has 0 atom stereocenters. The van der Waals surface area contributed by atoms with Crippen LogP contribution in [0.15, 0.2) is 48.7 Å². The molecular formula is C19H22N4. The van der Waals surface area contributed by atoms with Crippen LogP contribution in [0, 0.1) is 0 Å². The fourth-order valence-electron chi connectivity index (χ4n) is 3.34. The molecular weight excluding hydrogens is 284 g/mol. The topological polar surface area (TPSA) is 44.0 Å². The van der Waals surface area contributed by atoms with E-state index in [9.17, 15) is 0 Å². The van der Waals surface area contributed by atoms with Crippen LogP contribution in [0.4, 0.5) is 11.4 Å². The van der Waals surface area contributed by atoms with Gasteiger partial charge in [0.15, 0.2) is 0 Å². The number of benzene rings is 2. The average Bonchev–Trinajstić information content (AvgIpc) is 3.10. The summed E-state index contributed by atoms with van der Waals surface area (Å²) in [7, 11) is 0. The maximum atomic E-state index is 4.13. The molecule has 1 aromatic heterocycles. The summed E-state index contributed by atoms with van der Waals surface area (Å²) in [6, 6.07) is 15.1. The van der Waals surface area contributed by atoms with Crippen molar-refractivity contribution in [3.05, 3.63) is 54.2 Å². The number of hydrogen-bond acceptors (Lipinski definition) is 3. The van der Waals surface area contributed by atoms with Gasteiger partial charge in [0.05, 0.1) is 11.7 Å². The minimum absolute atomic E-state index is 0.795. The van der Waals surface area contributed by atoms with Crippen molar-refractivity contribution < 1.29 is 0 Å². The zero-order chi connectivity index (χ0) is 15.5. The SMILES string of the molecule is c1cc(NCc2cccc3cn[nH]c23)cc(N2CCCCC2)c1. The zero-order valence-electron chi connectivity index (χ0n) is 13.3. The standard InChI is InChI=1S/C19H22N4/c1-2-10-23(11-3-1)18-9-5-8-17(12-18)20-13-15-6-4-7-16-14-21-22-19(15)16/h4-9,12,14,20H,1-3,10-11,13H2,(H,21,22). The van der Waals surface area contributed by atoms with Crippen molar-refractivity contribution in [2.45, 2.75) is 25.8 Å². The van der Waals surface area contributed by atoms with Gasteiger partial charge in [-0.25, -0.2) is 0 Å². The molecule has 2 N–H and O–H groups in total. The maximum absolute atomic E-state index is 4.13. The summed E-state index contributed by atoms with van der Waals surface area (Å²) in [6.45, 7) is 3.15. The number of fused-ring (bicyclic) bond motifs is 1. The molecule has 3 aromatic rings. The van der Waals surface area contributed by atoms with Gasteiger partial charge < -0.3 is 10.2 Å². The number of nitrogens with zero attached hydrogens (tertiary/aromatic N) is 2. The summed E-state index contributed by atoms with van der Waals surface area (Å²) in [5.74, 6) is 0. The van der Waals surface area contributed by atoms with E-state index in [0.29, 0.717) is 0 Å². The average molecular weight is 306 g/mol. The Bertz CT molecular complexity index is 787. The van der Waals surface area contributed by atoms with E-state index >= 15 is 0 Å². The van der Waals surface area contributed by atoms with E-state index in [4.69, 9.17) is 0 Å². The highest BCUT2D eigenvalue weighted by Crippen LogP contribution is 2.24. The lowest BCUT2D eigenvalue weighted by Gasteiger charge is -2.29. The summed E-state index contributed by atoms with van der Waals surface area (Å²) < 4.78 is 0. The van der Waals surface area contributed by atoms with Gasteiger partial charge in [0, 0.05) is 36.4 Å². The number of nitrogens with one attached hydrogen (secondary N) is 2. The van der Waals surface area contributed by atoms with Crippen LogP contribution in [0.25, 0.3) is 10.9 Å². The predicted octanol–water partition coefficient (Wildman–Crippen LogP) is 4.17. The lowest BCUT2D eigenvalue weighted by Crippen LogP contribution is -2.29. The lowest BCUT2D eigenvalue weighted by molar-refractivity contribution is 0.578. The van der Waals surface area contributed by atoms with E-state index in [0.717, 1.165) is 17.4 Å².